The Bertz CT molecular complexity index is 161. The predicted molar refractivity (Wildman–Crippen MR) is 65.1 cm³/mol. The molecule has 0 aromatic rings. The highest BCUT2D eigenvalue weighted by Crippen LogP contribution is 2.05. The van der Waals surface area contributed by atoms with Crippen LogP contribution in [0.2, 0.25) is 0 Å². The molecule has 86 valence electrons. The highest BCUT2D eigenvalue weighted by molar-refractivity contribution is 7.84. The Kier molecular flexibility index (Phi) is 8.49. The van der Waals surface area contributed by atoms with Gasteiger partial charge in [-0.2, -0.15) is 0 Å². The molecule has 0 aliphatic carbocycles. The zero-order valence-electron chi connectivity index (χ0n) is 10.0. The van der Waals surface area contributed by atoms with Gasteiger partial charge in [0, 0.05) is 28.3 Å². The summed E-state index contributed by atoms with van der Waals surface area (Å²) in [6.45, 7) is 6.50. The predicted octanol–water partition coefficient (Wildman–Crippen LogP) is 2.17. The molecule has 0 amide bonds. The van der Waals surface area contributed by atoms with Crippen LogP contribution >= 0.6 is 0 Å². The van der Waals surface area contributed by atoms with Crippen LogP contribution in [0.4, 0.5) is 0 Å². The maximum atomic E-state index is 11.6. The minimum absolute atomic E-state index is 0.551. The molecule has 0 fully saturated rings. The fraction of sp³-hybridized carbons (Fsp3) is 1.00. The summed E-state index contributed by atoms with van der Waals surface area (Å²) in [6, 6.07) is 0.551. The molecular formula is C11H25NOS. The maximum absolute atomic E-state index is 11.6. The first-order chi connectivity index (χ1) is 6.60. The average molecular weight is 219 g/mol. The Morgan fingerprint density at radius 2 is 2.00 bits per heavy atom. The minimum atomic E-state index is -0.596. The van der Waals surface area contributed by atoms with E-state index in [0.717, 1.165) is 30.8 Å². The molecule has 3 unspecified atom stereocenters. The summed E-state index contributed by atoms with van der Waals surface area (Å²) in [4.78, 5) is 0. The number of nitrogens with one attached hydrogen (secondary N) is 1. The van der Waals surface area contributed by atoms with Crippen molar-refractivity contribution in [1.82, 2.24) is 5.32 Å². The van der Waals surface area contributed by atoms with Crippen LogP contribution in [0.15, 0.2) is 0 Å². The normalized spacial score (nSPS) is 17.7. The second kappa shape index (κ2) is 8.42. The third kappa shape index (κ3) is 7.51. The first-order valence-electron chi connectivity index (χ1n) is 5.62. The molecule has 0 saturated heterocycles. The molecule has 1 N–H and O–H groups in total. The van der Waals surface area contributed by atoms with Crippen LogP contribution in [0.5, 0.6) is 0 Å². The van der Waals surface area contributed by atoms with Crippen molar-refractivity contribution in [3.63, 3.8) is 0 Å². The van der Waals surface area contributed by atoms with Gasteiger partial charge in [-0.05, 0) is 32.7 Å². The van der Waals surface area contributed by atoms with Crippen LogP contribution in [-0.2, 0) is 10.8 Å². The first-order valence-corrected chi connectivity index (χ1v) is 7.11. The summed E-state index contributed by atoms with van der Waals surface area (Å²) in [7, 11) is 1.38. The molecule has 0 aromatic heterocycles. The summed E-state index contributed by atoms with van der Waals surface area (Å²) in [5, 5.41) is 3.19. The standard InChI is InChI=1S/C11H25NOS/c1-5-10(2)9-14(13)8-6-7-11(3)12-4/h10-12H,5-9H2,1-4H3. The quantitative estimate of drug-likeness (QED) is 0.678. The van der Waals surface area contributed by atoms with E-state index in [1.54, 1.807) is 0 Å². The third-order valence-electron chi connectivity index (χ3n) is 2.67. The van der Waals surface area contributed by atoms with E-state index in [-0.39, 0.29) is 0 Å². The van der Waals surface area contributed by atoms with Crippen LogP contribution < -0.4 is 5.32 Å². The second-order valence-electron chi connectivity index (χ2n) is 4.16. The molecule has 0 aromatic carbocycles. The largest absolute Gasteiger partial charge is 0.317 e. The van der Waals surface area contributed by atoms with Crippen molar-refractivity contribution in [3.8, 4) is 0 Å². The molecule has 0 bridgehead atoms. The van der Waals surface area contributed by atoms with Gasteiger partial charge in [0.05, 0.1) is 0 Å². The van der Waals surface area contributed by atoms with Gasteiger partial charge in [0.1, 0.15) is 0 Å². The highest BCUT2D eigenvalue weighted by atomic mass is 32.2. The van der Waals surface area contributed by atoms with Crippen molar-refractivity contribution in [2.24, 2.45) is 5.92 Å². The van der Waals surface area contributed by atoms with Gasteiger partial charge < -0.3 is 5.32 Å². The Hall–Kier alpha value is 0.110. The second-order valence-corrected chi connectivity index (χ2v) is 5.78. The molecule has 0 heterocycles. The van der Waals surface area contributed by atoms with Crippen molar-refractivity contribution in [3.05, 3.63) is 0 Å². The zero-order valence-corrected chi connectivity index (χ0v) is 10.8. The lowest BCUT2D eigenvalue weighted by molar-refractivity contribution is 0.555. The van der Waals surface area contributed by atoms with Gasteiger partial charge in [0.2, 0.25) is 0 Å². The molecule has 0 saturated carbocycles. The molecular weight excluding hydrogens is 194 g/mol. The molecule has 0 aliphatic rings. The summed E-state index contributed by atoms with van der Waals surface area (Å²) in [6.07, 6.45) is 3.34. The van der Waals surface area contributed by atoms with E-state index < -0.39 is 10.8 Å². The van der Waals surface area contributed by atoms with Crippen LogP contribution in [0.25, 0.3) is 0 Å². The zero-order chi connectivity index (χ0) is 11.0. The van der Waals surface area contributed by atoms with Gasteiger partial charge in [-0.15, -0.1) is 0 Å². The Morgan fingerprint density at radius 3 is 2.50 bits per heavy atom. The molecule has 3 heteroatoms. The maximum Gasteiger partial charge on any atom is 0.0260 e. The van der Waals surface area contributed by atoms with Gasteiger partial charge in [-0.3, -0.25) is 4.21 Å². The number of hydrogen-bond acceptors (Lipinski definition) is 2. The monoisotopic (exact) mass is 219 g/mol. The molecule has 0 radical (unpaired) electrons. The summed E-state index contributed by atoms with van der Waals surface area (Å²) >= 11 is 0. The van der Waals surface area contributed by atoms with Crippen molar-refractivity contribution < 1.29 is 4.21 Å². The van der Waals surface area contributed by atoms with Crippen LogP contribution in [0, 0.1) is 5.92 Å². The van der Waals surface area contributed by atoms with Crippen LogP contribution in [0.3, 0.4) is 0 Å². The Morgan fingerprint density at radius 1 is 1.36 bits per heavy atom. The topological polar surface area (TPSA) is 29.1 Å². The van der Waals surface area contributed by atoms with E-state index in [1.165, 1.54) is 0 Å². The minimum Gasteiger partial charge on any atom is -0.317 e. The Balaban J connectivity index is 3.44. The molecule has 14 heavy (non-hydrogen) atoms. The smallest absolute Gasteiger partial charge is 0.0260 e. The lowest BCUT2D eigenvalue weighted by Crippen LogP contribution is -2.21. The van der Waals surface area contributed by atoms with E-state index in [0.29, 0.717) is 12.0 Å². The van der Waals surface area contributed by atoms with E-state index in [2.05, 4.69) is 26.1 Å². The van der Waals surface area contributed by atoms with Gasteiger partial charge >= 0.3 is 0 Å². The fourth-order valence-electron chi connectivity index (χ4n) is 1.21. The SMILES string of the molecule is CCC(C)CS(=O)CCCC(C)NC. The first kappa shape index (κ1) is 14.1. The summed E-state index contributed by atoms with van der Waals surface area (Å²) in [5.74, 6) is 2.36. The van der Waals surface area contributed by atoms with Crippen LogP contribution in [-0.4, -0.2) is 28.8 Å². The lowest BCUT2D eigenvalue weighted by Gasteiger charge is -2.10. The molecule has 0 aliphatic heterocycles. The van der Waals surface area contributed by atoms with Gasteiger partial charge in [0.25, 0.3) is 0 Å². The third-order valence-corrected chi connectivity index (χ3v) is 4.35. The van der Waals surface area contributed by atoms with E-state index in [1.807, 2.05) is 7.05 Å². The van der Waals surface area contributed by atoms with E-state index in [4.69, 9.17) is 0 Å². The number of rotatable bonds is 8. The van der Waals surface area contributed by atoms with Gasteiger partial charge in [0.15, 0.2) is 0 Å². The van der Waals surface area contributed by atoms with Crippen molar-refractivity contribution in [2.45, 2.75) is 46.1 Å². The van der Waals surface area contributed by atoms with Crippen LogP contribution in [0.1, 0.15) is 40.0 Å². The molecule has 3 atom stereocenters. The fourth-order valence-corrected chi connectivity index (χ4v) is 2.74. The average Bonchev–Trinajstić information content (AvgIpc) is 2.17. The summed E-state index contributed by atoms with van der Waals surface area (Å²) in [5.41, 5.74) is 0. The highest BCUT2D eigenvalue weighted by Gasteiger charge is 2.06. The molecule has 0 rings (SSSR count). The van der Waals surface area contributed by atoms with Crippen molar-refractivity contribution in [2.75, 3.05) is 18.6 Å². The molecule has 2 nitrogen and oxygen atoms in total. The van der Waals surface area contributed by atoms with Gasteiger partial charge in [-0.1, -0.05) is 20.3 Å². The summed E-state index contributed by atoms with van der Waals surface area (Å²) < 4.78 is 11.6. The van der Waals surface area contributed by atoms with Gasteiger partial charge in [-0.25, -0.2) is 0 Å². The Labute approximate surface area is 91.3 Å². The van der Waals surface area contributed by atoms with Crippen molar-refractivity contribution in [1.29, 1.82) is 0 Å². The van der Waals surface area contributed by atoms with E-state index >= 15 is 0 Å². The number of hydrogen-bond donors (Lipinski definition) is 1. The lowest BCUT2D eigenvalue weighted by atomic mass is 10.2. The van der Waals surface area contributed by atoms with E-state index in [9.17, 15) is 4.21 Å². The van der Waals surface area contributed by atoms with Crippen molar-refractivity contribution >= 4 is 10.8 Å². The molecule has 0 spiro atoms.